The van der Waals surface area contributed by atoms with Crippen molar-refractivity contribution in [3.63, 3.8) is 0 Å². The molecule has 4 heteroatoms. The fourth-order valence-corrected chi connectivity index (χ4v) is 1.59. The average molecular weight is 230 g/mol. The molecule has 4 nitrogen and oxygen atoms in total. The van der Waals surface area contributed by atoms with Crippen LogP contribution >= 0.6 is 0 Å². The van der Waals surface area contributed by atoms with Crippen molar-refractivity contribution in [1.82, 2.24) is 4.98 Å². The number of carbonyl (C=O) groups is 1. The highest BCUT2D eigenvalue weighted by Gasteiger charge is 2.10. The third-order valence-electron chi connectivity index (χ3n) is 2.48. The number of methoxy groups -OCH3 is 1. The number of hydrogen-bond donors (Lipinski definition) is 2. The van der Waals surface area contributed by atoms with E-state index in [1.165, 1.54) is 7.11 Å². The predicted octanol–water partition coefficient (Wildman–Crippen LogP) is 2.41. The van der Waals surface area contributed by atoms with E-state index < -0.39 is 0 Å². The molecule has 0 spiro atoms. The molecule has 1 aromatic carbocycles. The maximum atomic E-state index is 11.5. The number of benzene rings is 1. The largest absolute Gasteiger partial charge is 0.465 e. The molecule has 88 valence electrons. The van der Waals surface area contributed by atoms with Gasteiger partial charge in [-0.1, -0.05) is 12.1 Å². The first-order valence-electron chi connectivity index (χ1n) is 5.34. The minimum atomic E-state index is -0.331. The van der Waals surface area contributed by atoms with E-state index in [2.05, 4.69) is 10.3 Å². The van der Waals surface area contributed by atoms with Crippen LogP contribution in [0.1, 0.15) is 15.9 Å². The van der Waals surface area contributed by atoms with Gasteiger partial charge < -0.3 is 15.0 Å². The van der Waals surface area contributed by atoms with Crippen LogP contribution in [0.4, 0.5) is 5.69 Å². The average Bonchev–Trinajstić information content (AvgIpc) is 2.89. The van der Waals surface area contributed by atoms with Crippen LogP contribution in [0.2, 0.25) is 0 Å². The van der Waals surface area contributed by atoms with Crippen molar-refractivity contribution in [2.75, 3.05) is 12.4 Å². The third-order valence-corrected chi connectivity index (χ3v) is 2.48. The first kappa shape index (κ1) is 11.3. The summed E-state index contributed by atoms with van der Waals surface area (Å²) in [5, 5.41) is 3.21. The number of aromatic nitrogens is 1. The molecule has 0 aliphatic heterocycles. The number of anilines is 1. The van der Waals surface area contributed by atoms with Gasteiger partial charge in [0.15, 0.2) is 0 Å². The number of esters is 1. The molecule has 0 aliphatic carbocycles. The van der Waals surface area contributed by atoms with Crippen LogP contribution in [0.15, 0.2) is 42.7 Å². The zero-order chi connectivity index (χ0) is 12.1. The molecule has 17 heavy (non-hydrogen) atoms. The molecule has 0 radical (unpaired) electrons. The van der Waals surface area contributed by atoms with Gasteiger partial charge in [0.05, 0.1) is 12.7 Å². The van der Waals surface area contributed by atoms with Crippen LogP contribution in [0.3, 0.4) is 0 Å². The minimum Gasteiger partial charge on any atom is -0.465 e. The van der Waals surface area contributed by atoms with Crippen LogP contribution in [-0.4, -0.2) is 18.1 Å². The second-order valence-electron chi connectivity index (χ2n) is 3.61. The summed E-state index contributed by atoms with van der Waals surface area (Å²) in [5.74, 6) is -0.331. The van der Waals surface area contributed by atoms with Gasteiger partial charge in [0.25, 0.3) is 0 Å². The summed E-state index contributed by atoms with van der Waals surface area (Å²) >= 11 is 0. The zero-order valence-electron chi connectivity index (χ0n) is 9.57. The Balaban J connectivity index is 2.12. The molecule has 0 aliphatic rings. The molecule has 0 amide bonds. The summed E-state index contributed by atoms with van der Waals surface area (Å²) in [4.78, 5) is 14.5. The van der Waals surface area contributed by atoms with E-state index in [0.717, 1.165) is 11.3 Å². The van der Waals surface area contributed by atoms with Crippen LogP contribution < -0.4 is 5.32 Å². The molecule has 0 atom stereocenters. The zero-order valence-corrected chi connectivity index (χ0v) is 9.57. The van der Waals surface area contributed by atoms with E-state index in [0.29, 0.717) is 12.1 Å². The Morgan fingerprint density at radius 3 is 2.88 bits per heavy atom. The molecule has 0 bridgehead atoms. The second-order valence-corrected chi connectivity index (χ2v) is 3.61. The first-order chi connectivity index (χ1) is 8.31. The number of carbonyl (C=O) groups excluding carboxylic acids is 1. The Bertz CT molecular complexity index is 492. The maximum Gasteiger partial charge on any atom is 0.339 e. The molecule has 0 fully saturated rings. The Kier molecular flexibility index (Phi) is 3.45. The lowest BCUT2D eigenvalue weighted by Crippen LogP contribution is -2.07. The number of ether oxygens (including phenoxy) is 1. The van der Waals surface area contributed by atoms with E-state index in [9.17, 15) is 4.79 Å². The Hall–Kier alpha value is -2.23. The topological polar surface area (TPSA) is 54.1 Å². The van der Waals surface area contributed by atoms with Gasteiger partial charge in [-0.3, -0.25) is 0 Å². The summed E-state index contributed by atoms with van der Waals surface area (Å²) in [6.45, 7) is 0.664. The molecular formula is C13H14N2O2. The number of nitrogens with one attached hydrogen (secondary N) is 2. The number of para-hydroxylation sites is 1. The monoisotopic (exact) mass is 230 g/mol. The van der Waals surface area contributed by atoms with Crippen molar-refractivity contribution in [3.8, 4) is 0 Å². The van der Waals surface area contributed by atoms with Gasteiger partial charge in [-0.25, -0.2) is 4.79 Å². The Morgan fingerprint density at radius 1 is 1.35 bits per heavy atom. The van der Waals surface area contributed by atoms with Gasteiger partial charge in [0, 0.05) is 24.6 Å². The number of hydrogen-bond acceptors (Lipinski definition) is 3. The lowest BCUT2D eigenvalue weighted by molar-refractivity contribution is 0.0602. The number of H-pyrrole nitrogens is 1. The van der Waals surface area contributed by atoms with Crippen LogP contribution in [0.25, 0.3) is 0 Å². The number of aromatic amines is 1. The summed E-state index contributed by atoms with van der Waals surface area (Å²) in [6, 6.07) is 9.28. The highest BCUT2D eigenvalue weighted by atomic mass is 16.5. The molecular weight excluding hydrogens is 216 g/mol. The van der Waals surface area contributed by atoms with Gasteiger partial charge in [-0.05, 0) is 23.8 Å². The SMILES string of the molecule is COC(=O)c1ccccc1NCc1cc[nH]c1. The van der Waals surface area contributed by atoms with Crippen molar-refractivity contribution in [1.29, 1.82) is 0 Å². The third kappa shape index (κ3) is 2.66. The number of rotatable bonds is 4. The van der Waals surface area contributed by atoms with E-state index in [-0.39, 0.29) is 5.97 Å². The van der Waals surface area contributed by atoms with Crippen molar-refractivity contribution in [2.24, 2.45) is 0 Å². The van der Waals surface area contributed by atoms with Crippen LogP contribution in [0, 0.1) is 0 Å². The normalized spacial score (nSPS) is 9.94. The van der Waals surface area contributed by atoms with Gasteiger partial charge >= 0.3 is 5.97 Å². The highest BCUT2D eigenvalue weighted by molar-refractivity contribution is 5.95. The lowest BCUT2D eigenvalue weighted by atomic mass is 10.1. The molecule has 0 unspecified atom stereocenters. The van der Waals surface area contributed by atoms with E-state index in [1.807, 2.05) is 36.7 Å². The van der Waals surface area contributed by atoms with Crippen molar-refractivity contribution in [3.05, 3.63) is 53.9 Å². The molecule has 2 aromatic rings. The summed E-state index contributed by atoms with van der Waals surface area (Å²) in [5.41, 5.74) is 2.45. The van der Waals surface area contributed by atoms with E-state index >= 15 is 0 Å². The quantitative estimate of drug-likeness (QED) is 0.793. The molecule has 0 saturated heterocycles. The summed E-state index contributed by atoms with van der Waals surface area (Å²) in [6.07, 6.45) is 3.77. The smallest absolute Gasteiger partial charge is 0.339 e. The van der Waals surface area contributed by atoms with E-state index in [4.69, 9.17) is 4.74 Å². The molecule has 1 aromatic heterocycles. The second kappa shape index (κ2) is 5.21. The van der Waals surface area contributed by atoms with Gasteiger partial charge in [-0.15, -0.1) is 0 Å². The minimum absolute atomic E-state index is 0.331. The molecule has 2 rings (SSSR count). The van der Waals surface area contributed by atoms with Crippen molar-refractivity contribution >= 4 is 11.7 Å². The summed E-state index contributed by atoms with van der Waals surface area (Å²) in [7, 11) is 1.38. The fraction of sp³-hybridized carbons (Fsp3) is 0.154. The fourth-order valence-electron chi connectivity index (χ4n) is 1.59. The van der Waals surface area contributed by atoms with Crippen molar-refractivity contribution in [2.45, 2.75) is 6.54 Å². The molecule has 2 N–H and O–H groups in total. The summed E-state index contributed by atoms with van der Waals surface area (Å²) < 4.78 is 4.73. The van der Waals surface area contributed by atoms with Crippen molar-refractivity contribution < 1.29 is 9.53 Å². The first-order valence-corrected chi connectivity index (χ1v) is 5.34. The van der Waals surface area contributed by atoms with Gasteiger partial charge in [0.1, 0.15) is 0 Å². The maximum absolute atomic E-state index is 11.5. The van der Waals surface area contributed by atoms with Gasteiger partial charge in [-0.2, -0.15) is 0 Å². The van der Waals surface area contributed by atoms with Crippen LogP contribution in [0.5, 0.6) is 0 Å². The molecule has 1 heterocycles. The Labute approximate surface area is 99.6 Å². The van der Waals surface area contributed by atoms with E-state index in [1.54, 1.807) is 6.07 Å². The predicted molar refractivity (Wildman–Crippen MR) is 65.9 cm³/mol. The standard InChI is InChI=1S/C13H14N2O2/c1-17-13(16)11-4-2-3-5-12(11)15-9-10-6-7-14-8-10/h2-8,14-15H,9H2,1H3. The molecule has 0 saturated carbocycles. The van der Waals surface area contributed by atoms with Gasteiger partial charge in [0.2, 0.25) is 0 Å². The highest BCUT2D eigenvalue weighted by Crippen LogP contribution is 2.16. The Morgan fingerprint density at radius 2 is 2.18 bits per heavy atom. The lowest BCUT2D eigenvalue weighted by Gasteiger charge is -2.09. The van der Waals surface area contributed by atoms with Crippen LogP contribution in [-0.2, 0) is 11.3 Å².